The number of ether oxygens (including phenoxy) is 1. The largest absolute Gasteiger partial charge is 0.497 e. The smallest absolute Gasteiger partial charge is 0.224 e. The van der Waals surface area contributed by atoms with Gasteiger partial charge < -0.3 is 10.1 Å². The van der Waals surface area contributed by atoms with Gasteiger partial charge >= 0.3 is 0 Å². The lowest BCUT2D eigenvalue weighted by atomic mass is 9.92. The molecule has 1 amide bonds. The minimum Gasteiger partial charge on any atom is -0.497 e. The van der Waals surface area contributed by atoms with Gasteiger partial charge in [-0.2, -0.15) is 0 Å². The van der Waals surface area contributed by atoms with Crippen molar-refractivity contribution in [1.82, 2.24) is 0 Å². The number of hydrogen-bond acceptors (Lipinski definition) is 2. The summed E-state index contributed by atoms with van der Waals surface area (Å²) in [6, 6.07) is 14.2. The third-order valence-corrected chi connectivity index (χ3v) is 4.44. The average Bonchev–Trinajstić information content (AvgIpc) is 2.60. The first kappa shape index (κ1) is 19.0. The fourth-order valence-electron chi connectivity index (χ4n) is 2.95. The van der Waals surface area contributed by atoms with Crippen LogP contribution in [0.5, 0.6) is 5.75 Å². The molecule has 0 aromatic heterocycles. The number of carbonyl (C=O) groups excluding carboxylic acids is 1. The molecule has 25 heavy (non-hydrogen) atoms. The van der Waals surface area contributed by atoms with Crippen molar-refractivity contribution in [1.29, 1.82) is 0 Å². The Morgan fingerprint density at radius 2 is 1.52 bits per heavy atom. The molecule has 2 aromatic carbocycles. The van der Waals surface area contributed by atoms with Crippen molar-refractivity contribution in [2.45, 2.75) is 52.4 Å². The summed E-state index contributed by atoms with van der Waals surface area (Å²) in [5.74, 6) is 1.64. The fourth-order valence-corrected chi connectivity index (χ4v) is 2.95. The maximum atomic E-state index is 12.5. The van der Waals surface area contributed by atoms with E-state index in [2.05, 4.69) is 51.2 Å². The lowest BCUT2D eigenvalue weighted by Gasteiger charge is -2.20. The van der Waals surface area contributed by atoms with Crippen molar-refractivity contribution in [2.75, 3.05) is 12.4 Å². The van der Waals surface area contributed by atoms with Gasteiger partial charge in [0.2, 0.25) is 5.91 Å². The van der Waals surface area contributed by atoms with E-state index in [1.54, 1.807) is 7.11 Å². The molecule has 134 valence electrons. The Morgan fingerprint density at radius 3 is 2.00 bits per heavy atom. The van der Waals surface area contributed by atoms with Gasteiger partial charge in [0, 0.05) is 12.1 Å². The molecular formula is C22H29NO2. The van der Waals surface area contributed by atoms with E-state index in [-0.39, 0.29) is 5.91 Å². The summed E-state index contributed by atoms with van der Waals surface area (Å²) in [7, 11) is 1.65. The predicted molar refractivity (Wildman–Crippen MR) is 105 cm³/mol. The third kappa shape index (κ3) is 5.09. The van der Waals surface area contributed by atoms with Gasteiger partial charge in [-0.3, -0.25) is 4.79 Å². The van der Waals surface area contributed by atoms with E-state index < -0.39 is 0 Å². The predicted octanol–water partition coefficient (Wildman–Crippen LogP) is 5.51. The second-order valence-corrected chi connectivity index (χ2v) is 7.02. The molecule has 0 bridgehead atoms. The zero-order chi connectivity index (χ0) is 18.4. The van der Waals surface area contributed by atoms with Crippen molar-refractivity contribution in [3.63, 3.8) is 0 Å². The minimum absolute atomic E-state index is 0.0609. The maximum Gasteiger partial charge on any atom is 0.224 e. The van der Waals surface area contributed by atoms with Crippen LogP contribution in [0.2, 0.25) is 0 Å². The van der Waals surface area contributed by atoms with E-state index in [1.807, 2.05) is 24.3 Å². The molecule has 0 aliphatic heterocycles. The van der Waals surface area contributed by atoms with Gasteiger partial charge in [0.1, 0.15) is 5.75 Å². The third-order valence-electron chi connectivity index (χ3n) is 4.44. The van der Waals surface area contributed by atoms with Crippen LogP contribution in [-0.2, 0) is 11.2 Å². The van der Waals surface area contributed by atoms with E-state index in [4.69, 9.17) is 4.74 Å². The molecule has 1 N–H and O–H groups in total. The van der Waals surface area contributed by atoms with Gasteiger partial charge in [0.15, 0.2) is 0 Å². The molecule has 0 radical (unpaired) electrons. The fraction of sp³-hybridized carbons (Fsp3) is 0.409. The van der Waals surface area contributed by atoms with E-state index in [9.17, 15) is 4.79 Å². The van der Waals surface area contributed by atoms with Crippen LogP contribution in [0.1, 0.15) is 62.6 Å². The van der Waals surface area contributed by atoms with Gasteiger partial charge in [-0.15, -0.1) is 0 Å². The van der Waals surface area contributed by atoms with Crippen LogP contribution in [0.3, 0.4) is 0 Å². The van der Waals surface area contributed by atoms with Gasteiger partial charge in [-0.05, 0) is 47.1 Å². The Balaban J connectivity index is 2.08. The molecule has 2 aromatic rings. The van der Waals surface area contributed by atoms with Crippen LogP contribution in [-0.4, -0.2) is 13.0 Å². The number of nitrogens with one attached hydrogen (secondary N) is 1. The zero-order valence-electron chi connectivity index (χ0n) is 15.9. The summed E-state index contributed by atoms with van der Waals surface area (Å²) < 4.78 is 5.17. The first-order valence-corrected chi connectivity index (χ1v) is 8.98. The van der Waals surface area contributed by atoms with E-state index in [0.29, 0.717) is 18.3 Å². The molecule has 0 aliphatic carbocycles. The molecule has 0 saturated heterocycles. The maximum absolute atomic E-state index is 12.5. The highest BCUT2D eigenvalue weighted by atomic mass is 16.5. The first-order valence-electron chi connectivity index (χ1n) is 8.98. The number of rotatable bonds is 7. The number of carbonyl (C=O) groups is 1. The van der Waals surface area contributed by atoms with Crippen LogP contribution in [0.4, 0.5) is 5.69 Å². The number of anilines is 1. The van der Waals surface area contributed by atoms with Crippen molar-refractivity contribution in [3.8, 4) is 5.75 Å². The topological polar surface area (TPSA) is 38.3 Å². The molecule has 0 spiro atoms. The number of amides is 1. The molecule has 0 aliphatic rings. The highest BCUT2D eigenvalue weighted by Crippen LogP contribution is 2.32. The standard InChI is InChI=1S/C22H29NO2/c1-15(2)19-7-6-8-20(16(3)4)22(19)23-21(24)14-11-17-9-12-18(25-5)13-10-17/h6-10,12-13,15-16H,11,14H2,1-5H3,(H,23,24). The summed E-state index contributed by atoms with van der Waals surface area (Å²) in [6.45, 7) is 8.64. The molecule has 0 unspecified atom stereocenters. The van der Waals surface area contributed by atoms with Crippen LogP contribution in [0.25, 0.3) is 0 Å². The van der Waals surface area contributed by atoms with Gasteiger partial charge in [0.05, 0.1) is 7.11 Å². The molecule has 0 atom stereocenters. The molecule has 3 nitrogen and oxygen atoms in total. The number of para-hydroxylation sites is 1. The molecule has 0 heterocycles. The number of methoxy groups -OCH3 is 1. The minimum atomic E-state index is 0.0609. The molecule has 3 heteroatoms. The van der Waals surface area contributed by atoms with Gasteiger partial charge in [-0.25, -0.2) is 0 Å². The SMILES string of the molecule is COc1ccc(CCC(=O)Nc2c(C(C)C)cccc2C(C)C)cc1. The molecular weight excluding hydrogens is 310 g/mol. The summed E-state index contributed by atoms with van der Waals surface area (Å²) >= 11 is 0. The lowest BCUT2D eigenvalue weighted by molar-refractivity contribution is -0.116. The van der Waals surface area contributed by atoms with Crippen molar-refractivity contribution >= 4 is 11.6 Å². The summed E-state index contributed by atoms with van der Waals surface area (Å²) in [5.41, 5.74) is 4.53. The number of hydrogen-bond donors (Lipinski definition) is 1. The lowest BCUT2D eigenvalue weighted by Crippen LogP contribution is -2.16. The summed E-state index contributed by atoms with van der Waals surface area (Å²) in [4.78, 5) is 12.5. The Bertz CT molecular complexity index is 676. The molecule has 2 rings (SSSR count). The monoisotopic (exact) mass is 339 g/mol. The Morgan fingerprint density at radius 1 is 0.960 bits per heavy atom. The highest BCUT2D eigenvalue weighted by Gasteiger charge is 2.15. The summed E-state index contributed by atoms with van der Waals surface area (Å²) in [5, 5.41) is 3.17. The zero-order valence-corrected chi connectivity index (χ0v) is 15.9. The Kier molecular flexibility index (Phi) is 6.63. The Hall–Kier alpha value is -2.29. The highest BCUT2D eigenvalue weighted by molar-refractivity contribution is 5.92. The van der Waals surface area contributed by atoms with Crippen LogP contribution < -0.4 is 10.1 Å². The first-order chi connectivity index (χ1) is 11.9. The average molecular weight is 339 g/mol. The van der Waals surface area contributed by atoms with Crippen LogP contribution in [0.15, 0.2) is 42.5 Å². The van der Waals surface area contributed by atoms with Crippen molar-refractivity contribution in [2.24, 2.45) is 0 Å². The van der Waals surface area contributed by atoms with Crippen LogP contribution in [0, 0.1) is 0 Å². The van der Waals surface area contributed by atoms with Gasteiger partial charge in [0.25, 0.3) is 0 Å². The van der Waals surface area contributed by atoms with Gasteiger partial charge in [-0.1, -0.05) is 58.0 Å². The normalized spacial score (nSPS) is 11.0. The number of benzene rings is 2. The van der Waals surface area contributed by atoms with E-state index >= 15 is 0 Å². The van der Waals surface area contributed by atoms with E-state index in [0.717, 1.165) is 23.4 Å². The second-order valence-electron chi connectivity index (χ2n) is 7.02. The molecule has 0 saturated carbocycles. The van der Waals surface area contributed by atoms with Crippen LogP contribution >= 0.6 is 0 Å². The number of aryl methyl sites for hydroxylation is 1. The van der Waals surface area contributed by atoms with E-state index in [1.165, 1.54) is 11.1 Å². The van der Waals surface area contributed by atoms with Crippen molar-refractivity contribution in [3.05, 3.63) is 59.2 Å². The van der Waals surface area contributed by atoms with Crippen molar-refractivity contribution < 1.29 is 9.53 Å². The second kappa shape index (κ2) is 8.70. The Labute approximate surface area is 151 Å². The summed E-state index contributed by atoms with van der Waals surface area (Å²) in [6.07, 6.45) is 1.19. The quantitative estimate of drug-likeness (QED) is 0.722. The molecule has 0 fully saturated rings.